The second kappa shape index (κ2) is 12.3. The molecule has 190 valence electrons. The molecule has 1 unspecified atom stereocenters. The number of pyridine rings is 1. The third kappa shape index (κ3) is 6.59. The molecule has 0 saturated carbocycles. The van der Waals surface area contributed by atoms with Crippen LogP contribution in [0.5, 0.6) is 0 Å². The average molecular weight is 499 g/mol. The van der Waals surface area contributed by atoms with Gasteiger partial charge in [-0.15, -0.1) is 0 Å². The summed E-state index contributed by atoms with van der Waals surface area (Å²) in [6.45, 7) is 1.77. The van der Waals surface area contributed by atoms with E-state index in [4.69, 9.17) is 0 Å². The van der Waals surface area contributed by atoms with Crippen LogP contribution in [0.1, 0.15) is 60.4 Å². The number of hydrogen-bond donors (Lipinski definition) is 1. The minimum Gasteiger partial charge on any atom is -0.343 e. The van der Waals surface area contributed by atoms with Crippen LogP contribution < -0.4 is 5.32 Å². The van der Waals surface area contributed by atoms with Crippen LogP contribution in [-0.4, -0.2) is 40.5 Å². The Morgan fingerprint density at radius 2 is 1.78 bits per heavy atom. The molecule has 1 fully saturated rings. The van der Waals surface area contributed by atoms with Crippen molar-refractivity contribution in [2.24, 2.45) is 0 Å². The Kier molecular flexibility index (Phi) is 8.63. The van der Waals surface area contributed by atoms with Crippen molar-refractivity contribution in [2.75, 3.05) is 6.54 Å². The fourth-order valence-corrected chi connectivity index (χ4v) is 4.74. The number of rotatable bonds is 9. The SMILES string of the molecule is CC(C#N)c1ccc([C@@H](NC(=O)[C@@H]2C[C@@H](F)CN2C(=O)CCCc2cccnc2)c2ccccc2)cc1. The number of hydrogen-bond acceptors (Lipinski definition) is 4. The minimum absolute atomic E-state index is 0.0136. The predicted molar refractivity (Wildman–Crippen MR) is 139 cm³/mol. The normalized spacial score (nSPS) is 18.6. The maximum Gasteiger partial charge on any atom is 0.243 e. The molecule has 1 aromatic heterocycles. The lowest BCUT2D eigenvalue weighted by molar-refractivity contribution is -0.138. The number of nitrogens with one attached hydrogen (secondary N) is 1. The number of carbonyl (C=O) groups is 2. The van der Waals surface area contributed by atoms with Crippen molar-refractivity contribution in [1.82, 2.24) is 15.2 Å². The Morgan fingerprint density at radius 1 is 1.08 bits per heavy atom. The highest BCUT2D eigenvalue weighted by atomic mass is 19.1. The van der Waals surface area contributed by atoms with Gasteiger partial charge in [-0.3, -0.25) is 14.6 Å². The Hall–Kier alpha value is -4.05. The van der Waals surface area contributed by atoms with E-state index in [0.717, 1.165) is 22.3 Å². The molecule has 2 heterocycles. The molecule has 7 heteroatoms. The first-order chi connectivity index (χ1) is 18.0. The zero-order valence-electron chi connectivity index (χ0n) is 20.9. The number of benzene rings is 2. The summed E-state index contributed by atoms with van der Waals surface area (Å²) >= 11 is 0. The maximum atomic E-state index is 14.5. The van der Waals surface area contributed by atoms with Gasteiger partial charge in [-0.2, -0.15) is 5.26 Å². The van der Waals surface area contributed by atoms with E-state index in [1.54, 1.807) is 12.4 Å². The fraction of sp³-hybridized carbons (Fsp3) is 0.333. The third-order valence-electron chi connectivity index (χ3n) is 6.83. The van der Waals surface area contributed by atoms with Crippen molar-refractivity contribution in [2.45, 2.75) is 56.8 Å². The van der Waals surface area contributed by atoms with Crippen LogP contribution in [-0.2, 0) is 16.0 Å². The van der Waals surface area contributed by atoms with Crippen LogP contribution >= 0.6 is 0 Å². The Labute approximate surface area is 217 Å². The standard InChI is InChI=1S/C30H31FN4O2/c1-21(18-32)23-12-14-25(15-13-23)29(24-9-3-2-4-10-24)34-30(37)27-17-26(31)20-35(27)28(36)11-5-7-22-8-6-16-33-19-22/h2-4,6,8-10,12-16,19,21,26-27,29H,5,7,11,17,20H2,1H3,(H,34,37)/t21?,26-,27+,29+/m1/s1. The summed E-state index contributed by atoms with van der Waals surface area (Å²) in [6, 6.07) is 21.8. The number of nitrogens with zero attached hydrogens (tertiary/aromatic N) is 3. The molecule has 0 aliphatic carbocycles. The topological polar surface area (TPSA) is 86.1 Å². The first-order valence-corrected chi connectivity index (χ1v) is 12.6. The summed E-state index contributed by atoms with van der Waals surface area (Å²) in [4.78, 5) is 31.9. The first-order valence-electron chi connectivity index (χ1n) is 12.6. The second-order valence-corrected chi connectivity index (χ2v) is 9.48. The van der Waals surface area contributed by atoms with Gasteiger partial charge in [-0.1, -0.05) is 60.7 Å². The molecule has 3 aromatic rings. The highest BCUT2D eigenvalue weighted by molar-refractivity contribution is 5.89. The molecule has 37 heavy (non-hydrogen) atoms. The lowest BCUT2D eigenvalue weighted by atomic mass is 9.94. The van der Waals surface area contributed by atoms with Crippen molar-refractivity contribution in [3.8, 4) is 6.07 Å². The molecule has 1 saturated heterocycles. The maximum absolute atomic E-state index is 14.5. The van der Waals surface area contributed by atoms with Crippen LogP contribution in [0.15, 0.2) is 79.1 Å². The van der Waals surface area contributed by atoms with Gasteiger partial charge in [-0.25, -0.2) is 4.39 Å². The molecule has 0 bridgehead atoms. The van der Waals surface area contributed by atoms with E-state index in [1.807, 2.05) is 73.7 Å². The largest absolute Gasteiger partial charge is 0.343 e. The summed E-state index contributed by atoms with van der Waals surface area (Å²) in [6.07, 6.45) is 3.76. The molecule has 4 atom stereocenters. The quantitative estimate of drug-likeness (QED) is 0.456. The van der Waals surface area contributed by atoms with E-state index in [2.05, 4.69) is 16.4 Å². The van der Waals surface area contributed by atoms with Crippen molar-refractivity contribution >= 4 is 11.8 Å². The van der Waals surface area contributed by atoms with Gasteiger partial charge >= 0.3 is 0 Å². The summed E-state index contributed by atoms with van der Waals surface area (Å²) in [7, 11) is 0. The number of nitriles is 1. The Morgan fingerprint density at radius 3 is 2.46 bits per heavy atom. The highest BCUT2D eigenvalue weighted by Gasteiger charge is 2.40. The molecule has 0 radical (unpaired) electrons. The molecule has 1 aliphatic rings. The molecule has 6 nitrogen and oxygen atoms in total. The zero-order chi connectivity index (χ0) is 26.2. The minimum atomic E-state index is -1.24. The number of aryl methyl sites for hydroxylation is 1. The number of carbonyl (C=O) groups excluding carboxylic acids is 2. The number of alkyl halides is 1. The third-order valence-corrected chi connectivity index (χ3v) is 6.83. The molecule has 2 aromatic carbocycles. The Balaban J connectivity index is 1.47. The number of likely N-dealkylation sites (tertiary alicyclic amines) is 1. The molecular formula is C30H31FN4O2. The van der Waals surface area contributed by atoms with E-state index in [-0.39, 0.29) is 37.1 Å². The van der Waals surface area contributed by atoms with Gasteiger partial charge in [0.05, 0.1) is 24.6 Å². The number of aromatic nitrogens is 1. The monoisotopic (exact) mass is 498 g/mol. The lowest BCUT2D eigenvalue weighted by Gasteiger charge is -2.27. The number of halogens is 1. The smallest absolute Gasteiger partial charge is 0.243 e. The van der Waals surface area contributed by atoms with E-state index in [1.165, 1.54) is 4.90 Å². The lowest BCUT2D eigenvalue weighted by Crippen LogP contribution is -2.47. The summed E-state index contributed by atoms with van der Waals surface area (Å²) in [5, 5.41) is 12.3. The van der Waals surface area contributed by atoms with Gasteiger partial charge in [0.25, 0.3) is 0 Å². The van der Waals surface area contributed by atoms with Crippen LogP contribution in [0.2, 0.25) is 0 Å². The van der Waals surface area contributed by atoms with Gasteiger partial charge < -0.3 is 10.2 Å². The van der Waals surface area contributed by atoms with E-state index < -0.39 is 18.3 Å². The zero-order valence-corrected chi connectivity index (χ0v) is 20.9. The van der Waals surface area contributed by atoms with Crippen LogP contribution in [0.4, 0.5) is 4.39 Å². The second-order valence-electron chi connectivity index (χ2n) is 9.48. The van der Waals surface area contributed by atoms with Gasteiger partial charge in [0.2, 0.25) is 11.8 Å². The van der Waals surface area contributed by atoms with Crippen molar-refractivity contribution in [3.05, 3.63) is 101 Å². The summed E-state index contributed by atoms with van der Waals surface area (Å²) in [5.41, 5.74) is 3.65. The molecule has 2 amide bonds. The summed E-state index contributed by atoms with van der Waals surface area (Å²) in [5.74, 6) is -0.823. The van der Waals surface area contributed by atoms with Gasteiger partial charge in [0, 0.05) is 25.2 Å². The van der Waals surface area contributed by atoms with E-state index in [9.17, 15) is 19.2 Å². The van der Waals surface area contributed by atoms with Crippen molar-refractivity contribution < 1.29 is 14.0 Å². The molecular weight excluding hydrogens is 467 g/mol. The highest BCUT2D eigenvalue weighted by Crippen LogP contribution is 2.27. The van der Waals surface area contributed by atoms with Gasteiger partial charge in [0.1, 0.15) is 12.2 Å². The van der Waals surface area contributed by atoms with Crippen molar-refractivity contribution in [3.63, 3.8) is 0 Å². The van der Waals surface area contributed by atoms with Crippen molar-refractivity contribution in [1.29, 1.82) is 5.26 Å². The predicted octanol–water partition coefficient (Wildman–Crippen LogP) is 4.88. The summed E-state index contributed by atoms with van der Waals surface area (Å²) < 4.78 is 14.5. The van der Waals surface area contributed by atoms with Crippen LogP contribution in [0.25, 0.3) is 0 Å². The Bertz CT molecular complexity index is 1230. The van der Waals surface area contributed by atoms with Crippen LogP contribution in [0, 0.1) is 11.3 Å². The van der Waals surface area contributed by atoms with E-state index in [0.29, 0.717) is 12.8 Å². The first kappa shape index (κ1) is 26.0. The molecule has 1 N–H and O–H groups in total. The number of amides is 2. The van der Waals surface area contributed by atoms with Gasteiger partial charge in [-0.05, 0) is 48.1 Å². The fourth-order valence-electron chi connectivity index (χ4n) is 4.74. The molecule has 1 aliphatic heterocycles. The van der Waals surface area contributed by atoms with Gasteiger partial charge in [0.15, 0.2) is 0 Å². The van der Waals surface area contributed by atoms with E-state index >= 15 is 0 Å². The molecule has 4 rings (SSSR count). The van der Waals surface area contributed by atoms with Crippen LogP contribution in [0.3, 0.4) is 0 Å². The molecule has 0 spiro atoms. The average Bonchev–Trinajstić information content (AvgIpc) is 3.34.